The number of nitriles is 1. The number of nitrogens with one attached hydrogen (secondary N) is 1. The van der Waals surface area contributed by atoms with Gasteiger partial charge >= 0.3 is 6.09 Å². The van der Waals surface area contributed by atoms with Gasteiger partial charge in [0.2, 0.25) is 5.91 Å². The van der Waals surface area contributed by atoms with Gasteiger partial charge in [0.15, 0.2) is 0 Å². The number of rotatable bonds is 9. The number of likely N-dealkylation sites (tertiary alicyclic amines) is 1. The Labute approximate surface area is 220 Å². The van der Waals surface area contributed by atoms with Crippen LogP contribution in [0.4, 0.5) is 4.79 Å². The molecule has 2 aromatic carbocycles. The van der Waals surface area contributed by atoms with E-state index >= 15 is 0 Å². The molecule has 0 aliphatic carbocycles. The molecule has 1 N–H and O–H groups in total. The normalized spacial score (nSPS) is 14.9. The van der Waals surface area contributed by atoms with Crippen molar-refractivity contribution in [2.75, 3.05) is 19.6 Å². The molecule has 2 amide bonds. The SMILES string of the molecule is CC(CCc1cccc(-c2cccc(OC3CCN(C(=O)OC(C)(C)C)CC3)c2)c1)CC(=O)NCC#N. The minimum Gasteiger partial charge on any atom is -0.490 e. The molecule has 2 aromatic rings. The first-order valence-electron chi connectivity index (χ1n) is 13.1. The van der Waals surface area contributed by atoms with Crippen molar-refractivity contribution in [3.8, 4) is 22.9 Å². The second-order valence-electron chi connectivity index (χ2n) is 10.8. The van der Waals surface area contributed by atoms with Gasteiger partial charge in [-0.05, 0) is 68.4 Å². The number of benzene rings is 2. The van der Waals surface area contributed by atoms with Crippen LogP contribution in [0.5, 0.6) is 5.75 Å². The maximum atomic E-state index is 12.3. The Bertz CT molecular complexity index is 1090. The predicted molar refractivity (Wildman–Crippen MR) is 144 cm³/mol. The highest BCUT2D eigenvalue weighted by Crippen LogP contribution is 2.28. The van der Waals surface area contributed by atoms with E-state index in [-0.39, 0.29) is 30.6 Å². The zero-order valence-electron chi connectivity index (χ0n) is 22.5. The lowest BCUT2D eigenvalue weighted by Crippen LogP contribution is -2.44. The third-order valence-electron chi connectivity index (χ3n) is 6.32. The molecule has 198 valence electrons. The number of hydrogen-bond acceptors (Lipinski definition) is 5. The third-order valence-corrected chi connectivity index (χ3v) is 6.32. The van der Waals surface area contributed by atoms with E-state index in [1.807, 2.05) is 39.0 Å². The average Bonchev–Trinajstić information content (AvgIpc) is 2.86. The van der Waals surface area contributed by atoms with Gasteiger partial charge in [-0.1, -0.05) is 43.3 Å². The minimum absolute atomic E-state index is 0.0572. The quantitative estimate of drug-likeness (QED) is 0.440. The van der Waals surface area contributed by atoms with E-state index in [4.69, 9.17) is 14.7 Å². The predicted octanol–water partition coefficient (Wildman–Crippen LogP) is 5.73. The summed E-state index contributed by atoms with van der Waals surface area (Å²) in [4.78, 5) is 25.9. The third kappa shape index (κ3) is 9.45. The van der Waals surface area contributed by atoms with Crippen LogP contribution >= 0.6 is 0 Å². The molecular weight excluding hydrogens is 466 g/mol. The Balaban J connectivity index is 1.53. The molecule has 1 aliphatic heterocycles. The second kappa shape index (κ2) is 13.1. The molecule has 0 radical (unpaired) electrons. The topological polar surface area (TPSA) is 91.7 Å². The Kier molecular flexibility index (Phi) is 9.96. The lowest BCUT2D eigenvalue weighted by molar-refractivity contribution is -0.121. The van der Waals surface area contributed by atoms with Gasteiger partial charge in [0.1, 0.15) is 24.0 Å². The van der Waals surface area contributed by atoms with Crippen molar-refractivity contribution in [2.45, 2.75) is 71.5 Å². The summed E-state index contributed by atoms with van der Waals surface area (Å²) in [6.07, 6.45) is 3.55. The van der Waals surface area contributed by atoms with E-state index in [1.54, 1.807) is 4.90 Å². The summed E-state index contributed by atoms with van der Waals surface area (Å²) in [6, 6.07) is 18.5. The number of ether oxygens (including phenoxy) is 2. The number of carbonyl (C=O) groups excluding carboxylic acids is 2. The summed E-state index contributed by atoms with van der Waals surface area (Å²) >= 11 is 0. The number of piperidine rings is 1. The van der Waals surface area contributed by atoms with Crippen molar-refractivity contribution < 1.29 is 19.1 Å². The van der Waals surface area contributed by atoms with Crippen LogP contribution in [0.25, 0.3) is 11.1 Å². The van der Waals surface area contributed by atoms with E-state index < -0.39 is 5.60 Å². The van der Waals surface area contributed by atoms with Gasteiger partial charge in [0, 0.05) is 32.4 Å². The summed E-state index contributed by atoms with van der Waals surface area (Å²) in [5, 5.41) is 11.2. The Morgan fingerprint density at radius 2 is 1.78 bits per heavy atom. The number of carbonyl (C=O) groups is 2. The summed E-state index contributed by atoms with van der Waals surface area (Å²) in [6.45, 7) is 9.01. The van der Waals surface area contributed by atoms with Crippen LogP contribution in [0, 0.1) is 17.2 Å². The first-order chi connectivity index (χ1) is 17.6. The Morgan fingerprint density at radius 1 is 1.11 bits per heavy atom. The van der Waals surface area contributed by atoms with Crippen molar-refractivity contribution in [3.05, 3.63) is 54.1 Å². The fourth-order valence-electron chi connectivity index (χ4n) is 4.37. The number of hydrogen-bond donors (Lipinski definition) is 1. The zero-order valence-corrected chi connectivity index (χ0v) is 22.5. The molecule has 7 nitrogen and oxygen atoms in total. The first kappa shape index (κ1) is 28.0. The molecule has 1 saturated heterocycles. The van der Waals surface area contributed by atoms with Gasteiger partial charge in [-0.3, -0.25) is 4.79 Å². The van der Waals surface area contributed by atoms with Crippen molar-refractivity contribution in [3.63, 3.8) is 0 Å². The standard InChI is InChI=1S/C30H39N3O4/c1-22(19-28(34)32-16-15-31)11-12-23-7-5-8-24(20-23)25-9-6-10-27(21-25)36-26-13-17-33(18-14-26)29(35)37-30(2,3)4/h5-10,20-22,26H,11-14,16-19H2,1-4H3,(H,32,34). The van der Waals surface area contributed by atoms with E-state index in [2.05, 4.69) is 48.6 Å². The summed E-state index contributed by atoms with van der Waals surface area (Å²) < 4.78 is 11.8. The van der Waals surface area contributed by atoms with Gasteiger partial charge in [-0.25, -0.2) is 4.79 Å². The maximum Gasteiger partial charge on any atom is 0.410 e. The van der Waals surface area contributed by atoms with E-state index in [9.17, 15) is 9.59 Å². The monoisotopic (exact) mass is 505 g/mol. The van der Waals surface area contributed by atoms with Crippen LogP contribution in [-0.4, -0.2) is 48.2 Å². The van der Waals surface area contributed by atoms with Crippen LogP contribution < -0.4 is 10.1 Å². The molecular formula is C30H39N3O4. The van der Waals surface area contributed by atoms with Gasteiger partial charge in [-0.2, -0.15) is 5.26 Å². The molecule has 0 bridgehead atoms. The fraction of sp³-hybridized carbons (Fsp3) is 0.500. The number of aryl methyl sites for hydroxylation is 1. The lowest BCUT2D eigenvalue weighted by atomic mass is 9.95. The molecule has 1 fully saturated rings. The van der Waals surface area contributed by atoms with E-state index in [0.717, 1.165) is 42.6 Å². The lowest BCUT2D eigenvalue weighted by Gasteiger charge is -2.33. The van der Waals surface area contributed by atoms with Gasteiger partial charge in [-0.15, -0.1) is 0 Å². The molecule has 7 heteroatoms. The van der Waals surface area contributed by atoms with Crippen LogP contribution in [-0.2, 0) is 16.0 Å². The molecule has 1 heterocycles. The highest BCUT2D eigenvalue weighted by Gasteiger charge is 2.27. The largest absolute Gasteiger partial charge is 0.490 e. The molecule has 0 aromatic heterocycles. The van der Waals surface area contributed by atoms with Crippen LogP contribution in [0.1, 0.15) is 58.9 Å². The number of nitrogens with zero attached hydrogens (tertiary/aromatic N) is 2. The molecule has 3 rings (SSSR count). The molecule has 0 saturated carbocycles. The maximum absolute atomic E-state index is 12.3. The van der Waals surface area contributed by atoms with Crippen LogP contribution in [0.3, 0.4) is 0 Å². The summed E-state index contributed by atoms with van der Waals surface area (Å²) in [5.74, 6) is 0.992. The minimum atomic E-state index is -0.491. The van der Waals surface area contributed by atoms with Crippen molar-refractivity contribution >= 4 is 12.0 Å². The van der Waals surface area contributed by atoms with E-state index in [0.29, 0.717) is 19.5 Å². The molecule has 1 unspecified atom stereocenters. The fourth-order valence-corrected chi connectivity index (χ4v) is 4.37. The highest BCUT2D eigenvalue weighted by atomic mass is 16.6. The molecule has 1 atom stereocenters. The molecule has 0 spiro atoms. The van der Waals surface area contributed by atoms with Gasteiger partial charge in [0.05, 0.1) is 6.07 Å². The zero-order chi connectivity index (χ0) is 26.8. The number of amides is 2. The Hall–Kier alpha value is -3.53. The molecule has 37 heavy (non-hydrogen) atoms. The van der Waals surface area contributed by atoms with Crippen molar-refractivity contribution in [1.29, 1.82) is 5.26 Å². The van der Waals surface area contributed by atoms with Crippen LogP contribution in [0.15, 0.2) is 48.5 Å². The summed E-state index contributed by atoms with van der Waals surface area (Å²) in [5.41, 5.74) is 2.95. The Morgan fingerprint density at radius 3 is 2.46 bits per heavy atom. The first-order valence-corrected chi connectivity index (χ1v) is 13.1. The highest BCUT2D eigenvalue weighted by molar-refractivity contribution is 5.76. The van der Waals surface area contributed by atoms with Gasteiger partial charge < -0.3 is 19.7 Å². The van der Waals surface area contributed by atoms with Crippen molar-refractivity contribution in [1.82, 2.24) is 10.2 Å². The summed E-state index contributed by atoms with van der Waals surface area (Å²) in [7, 11) is 0. The van der Waals surface area contributed by atoms with E-state index in [1.165, 1.54) is 5.56 Å². The van der Waals surface area contributed by atoms with Crippen LogP contribution in [0.2, 0.25) is 0 Å². The van der Waals surface area contributed by atoms with Gasteiger partial charge in [0.25, 0.3) is 0 Å². The van der Waals surface area contributed by atoms with Crippen molar-refractivity contribution in [2.24, 2.45) is 5.92 Å². The average molecular weight is 506 g/mol. The molecule has 1 aliphatic rings. The smallest absolute Gasteiger partial charge is 0.410 e. The second-order valence-corrected chi connectivity index (χ2v) is 10.8.